The molecule has 1 saturated heterocycles. The Morgan fingerprint density at radius 1 is 1.27 bits per heavy atom. The summed E-state index contributed by atoms with van der Waals surface area (Å²) >= 11 is 6.69. The number of hydrogen-bond donors (Lipinski definition) is 1. The summed E-state index contributed by atoms with van der Waals surface area (Å²) in [4.78, 5) is 2.31. The fourth-order valence-corrected chi connectivity index (χ4v) is 5.08. The molecule has 3 atom stereocenters. The van der Waals surface area contributed by atoms with Gasteiger partial charge in [-0.05, 0) is 50.8 Å². The lowest BCUT2D eigenvalue weighted by atomic mass is 9.84. The number of halogens is 3. The van der Waals surface area contributed by atoms with E-state index in [-0.39, 0.29) is 30.6 Å². The lowest BCUT2D eigenvalue weighted by Crippen LogP contribution is -2.53. The van der Waals surface area contributed by atoms with Crippen molar-refractivity contribution in [1.29, 1.82) is 0 Å². The van der Waals surface area contributed by atoms with E-state index in [1.165, 1.54) is 7.11 Å². The third-order valence-electron chi connectivity index (χ3n) is 6.14. The van der Waals surface area contributed by atoms with E-state index in [9.17, 15) is 13.9 Å². The quantitative estimate of drug-likeness (QED) is 0.745. The van der Waals surface area contributed by atoms with Crippen LogP contribution in [0, 0.1) is 0 Å². The van der Waals surface area contributed by atoms with Gasteiger partial charge in [0, 0.05) is 32.0 Å². The Hall–Kier alpha value is -1.15. The van der Waals surface area contributed by atoms with Gasteiger partial charge in [-0.1, -0.05) is 11.6 Å². The van der Waals surface area contributed by atoms with Crippen molar-refractivity contribution < 1.29 is 28.1 Å². The molecule has 0 radical (unpaired) electrons. The van der Waals surface area contributed by atoms with Gasteiger partial charge < -0.3 is 19.3 Å². The van der Waals surface area contributed by atoms with Crippen LogP contribution in [0.15, 0.2) is 6.07 Å². The summed E-state index contributed by atoms with van der Waals surface area (Å²) in [6.07, 6.45) is -0.761. The lowest BCUT2D eigenvalue weighted by Gasteiger charge is -2.47. The van der Waals surface area contributed by atoms with E-state index < -0.39 is 18.1 Å². The second kappa shape index (κ2) is 7.76. The maximum Gasteiger partial charge on any atom is 0.255 e. The highest BCUT2D eigenvalue weighted by atomic mass is 35.5. The summed E-state index contributed by atoms with van der Waals surface area (Å²) < 4.78 is 43.8. The molecular weight excluding hydrogens is 416 g/mol. The van der Waals surface area contributed by atoms with Crippen LogP contribution in [0.1, 0.15) is 57.2 Å². The van der Waals surface area contributed by atoms with Crippen LogP contribution in [0.2, 0.25) is 5.02 Å². The molecule has 168 valence electrons. The van der Waals surface area contributed by atoms with Crippen molar-refractivity contribution in [3.63, 3.8) is 0 Å². The van der Waals surface area contributed by atoms with Gasteiger partial charge in [0.1, 0.15) is 6.10 Å². The Kier molecular flexibility index (Phi) is 5.71. The van der Waals surface area contributed by atoms with Gasteiger partial charge in [-0.15, -0.1) is 0 Å². The Morgan fingerprint density at radius 3 is 2.57 bits per heavy atom. The van der Waals surface area contributed by atoms with Crippen LogP contribution in [0.4, 0.5) is 8.78 Å². The normalized spacial score (nSPS) is 29.0. The van der Waals surface area contributed by atoms with E-state index in [0.717, 1.165) is 17.7 Å². The second-order valence-corrected chi connectivity index (χ2v) is 10.0. The third kappa shape index (κ3) is 4.27. The SMILES string of the molecule is COc1cc2c(c(Cl)c1OC1CC(F)(F)C1)CCN1C[C@@H](OC(C)(C)C)[C@H](O)C[C@H]21. The number of benzene rings is 1. The largest absolute Gasteiger partial charge is 0.493 e. The number of alkyl halides is 2. The van der Waals surface area contributed by atoms with Crippen LogP contribution in [-0.2, 0) is 11.2 Å². The van der Waals surface area contributed by atoms with Gasteiger partial charge in [0.15, 0.2) is 11.5 Å². The van der Waals surface area contributed by atoms with E-state index in [4.69, 9.17) is 25.8 Å². The molecule has 0 aromatic heterocycles. The number of aliphatic hydroxyl groups excluding tert-OH is 1. The maximum atomic E-state index is 13.2. The fraction of sp³-hybridized carbons (Fsp3) is 0.727. The molecule has 0 bridgehead atoms. The minimum atomic E-state index is -2.66. The molecule has 3 aliphatic rings. The molecule has 1 aromatic rings. The molecule has 8 heteroatoms. The lowest BCUT2D eigenvalue weighted by molar-refractivity contribution is -0.149. The zero-order valence-electron chi connectivity index (χ0n) is 17.9. The Bertz CT molecular complexity index is 805. The maximum absolute atomic E-state index is 13.2. The second-order valence-electron chi connectivity index (χ2n) is 9.63. The summed E-state index contributed by atoms with van der Waals surface area (Å²) in [6, 6.07) is 1.89. The first-order valence-corrected chi connectivity index (χ1v) is 10.9. The zero-order chi connectivity index (χ0) is 21.8. The molecule has 1 saturated carbocycles. The average molecular weight is 446 g/mol. The van der Waals surface area contributed by atoms with E-state index in [2.05, 4.69) is 4.90 Å². The number of rotatable bonds is 4. The molecule has 2 fully saturated rings. The minimum absolute atomic E-state index is 0.00273. The van der Waals surface area contributed by atoms with Crippen molar-refractivity contribution in [2.75, 3.05) is 20.2 Å². The van der Waals surface area contributed by atoms with Gasteiger partial charge in [-0.3, -0.25) is 4.90 Å². The van der Waals surface area contributed by atoms with Crippen LogP contribution >= 0.6 is 11.6 Å². The van der Waals surface area contributed by atoms with E-state index in [0.29, 0.717) is 35.9 Å². The molecule has 30 heavy (non-hydrogen) atoms. The number of ether oxygens (including phenoxy) is 3. The van der Waals surface area contributed by atoms with Gasteiger partial charge >= 0.3 is 0 Å². The average Bonchev–Trinajstić information content (AvgIpc) is 2.61. The van der Waals surface area contributed by atoms with Gasteiger partial charge in [0.05, 0.1) is 29.9 Å². The summed E-state index contributed by atoms with van der Waals surface area (Å²) in [5, 5.41) is 11.2. The Morgan fingerprint density at radius 2 is 1.97 bits per heavy atom. The van der Waals surface area contributed by atoms with E-state index in [1.807, 2.05) is 26.8 Å². The summed E-state index contributed by atoms with van der Waals surface area (Å²) in [6.45, 7) is 7.38. The molecule has 2 aliphatic heterocycles. The van der Waals surface area contributed by atoms with Crippen LogP contribution in [0.25, 0.3) is 0 Å². The number of hydrogen-bond acceptors (Lipinski definition) is 5. The van der Waals surface area contributed by atoms with Crippen LogP contribution in [0.5, 0.6) is 11.5 Å². The van der Waals surface area contributed by atoms with Crippen molar-refractivity contribution in [3.05, 3.63) is 22.2 Å². The number of fused-ring (bicyclic) bond motifs is 3. The summed E-state index contributed by atoms with van der Waals surface area (Å²) in [7, 11) is 1.52. The van der Waals surface area contributed by atoms with Crippen LogP contribution in [-0.4, -0.2) is 60.0 Å². The minimum Gasteiger partial charge on any atom is -0.493 e. The number of aliphatic hydroxyl groups is 1. The standard InChI is InChI=1S/C22H30ClF2NO4/c1-21(2,3)30-18-11-26-6-5-13-14(15(26)8-16(18)27)7-17(28-4)20(19(13)23)29-12-9-22(24,25)10-12/h7,12,15-16,18,27H,5-6,8-11H2,1-4H3/t15-,16-,18-/m1/s1. The van der Waals surface area contributed by atoms with Crippen molar-refractivity contribution in [2.45, 2.75) is 82.3 Å². The van der Waals surface area contributed by atoms with Crippen molar-refractivity contribution in [2.24, 2.45) is 0 Å². The summed E-state index contributed by atoms with van der Waals surface area (Å²) in [5.41, 5.74) is 1.62. The number of methoxy groups -OCH3 is 1. The van der Waals surface area contributed by atoms with Crippen molar-refractivity contribution >= 4 is 11.6 Å². The van der Waals surface area contributed by atoms with Crippen LogP contribution in [0.3, 0.4) is 0 Å². The zero-order valence-corrected chi connectivity index (χ0v) is 18.6. The fourth-order valence-electron chi connectivity index (χ4n) is 4.74. The Balaban J connectivity index is 1.58. The Labute approximate surface area is 181 Å². The molecule has 0 unspecified atom stereocenters. The van der Waals surface area contributed by atoms with E-state index >= 15 is 0 Å². The monoisotopic (exact) mass is 445 g/mol. The third-order valence-corrected chi connectivity index (χ3v) is 6.54. The summed E-state index contributed by atoms with van der Waals surface area (Å²) in [5.74, 6) is -1.88. The number of piperidine rings is 1. The molecular formula is C22H30ClF2NO4. The first kappa shape index (κ1) is 22.1. The first-order valence-electron chi connectivity index (χ1n) is 10.5. The van der Waals surface area contributed by atoms with Gasteiger partial charge in [0.25, 0.3) is 5.92 Å². The predicted octanol–water partition coefficient (Wildman–Crippen LogP) is 4.37. The highest BCUT2D eigenvalue weighted by molar-refractivity contribution is 6.33. The van der Waals surface area contributed by atoms with Gasteiger partial charge in [-0.2, -0.15) is 0 Å². The first-order chi connectivity index (χ1) is 14.0. The molecule has 0 amide bonds. The molecule has 2 heterocycles. The molecule has 1 N–H and O–H groups in total. The smallest absolute Gasteiger partial charge is 0.255 e. The van der Waals surface area contributed by atoms with Gasteiger partial charge in [0.2, 0.25) is 0 Å². The van der Waals surface area contributed by atoms with E-state index in [1.54, 1.807) is 0 Å². The predicted molar refractivity (Wildman–Crippen MR) is 110 cm³/mol. The highest BCUT2D eigenvalue weighted by Crippen LogP contribution is 2.49. The molecule has 1 aromatic carbocycles. The van der Waals surface area contributed by atoms with Gasteiger partial charge in [-0.25, -0.2) is 8.78 Å². The van der Waals surface area contributed by atoms with Crippen molar-refractivity contribution in [3.8, 4) is 11.5 Å². The van der Waals surface area contributed by atoms with Crippen molar-refractivity contribution in [1.82, 2.24) is 4.90 Å². The topological polar surface area (TPSA) is 51.2 Å². The molecule has 0 spiro atoms. The molecule has 5 nitrogen and oxygen atoms in total. The number of nitrogens with zero attached hydrogens (tertiary/aromatic N) is 1. The van der Waals surface area contributed by atoms with Crippen LogP contribution < -0.4 is 9.47 Å². The molecule has 4 rings (SSSR count). The highest BCUT2D eigenvalue weighted by Gasteiger charge is 2.48. The molecule has 1 aliphatic carbocycles.